The molecular weight excluding hydrogens is 614 g/mol. The van der Waals surface area contributed by atoms with Gasteiger partial charge in [0.05, 0.1) is 10.6 Å². The molecule has 0 heterocycles. The van der Waals surface area contributed by atoms with Crippen molar-refractivity contribution in [2.24, 2.45) is 0 Å². The van der Waals surface area contributed by atoms with Gasteiger partial charge in [0, 0.05) is 22.1 Å². The quantitative estimate of drug-likeness (QED) is 0.289. The van der Waals surface area contributed by atoms with Crippen molar-refractivity contribution >= 4 is 55.1 Å². The van der Waals surface area contributed by atoms with Crippen LogP contribution < -0.4 is 9.62 Å². The number of nitrogens with zero attached hydrogens (tertiary/aromatic N) is 2. The Morgan fingerprint density at radius 3 is 2.30 bits per heavy atom. The third kappa shape index (κ3) is 7.44. The molecule has 0 saturated heterocycles. The van der Waals surface area contributed by atoms with Crippen LogP contribution in [0, 0.1) is 6.92 Å². The van der Waals surface area contributed by atoms with Gasteiger partial charge in [-0.25, -0.2) is 8.42 Å². The number of halogens is 2. The highest BCUT2D eigenvalue weighted by Crippen LogP contribution is 2.26. The molecule has 1 aliphatic rings. The SMILES string of the molecule is Cc1ccc(N(CC(=O)N(Cc2cccc(Br)c2)C(C)C(=O)NC2CCCC2)S(=O)(=O)c2ccc(Cl)cc2)cc1. The van der Waals surface area contributed by atoms with Gasteiger partial charge >= 0.3 is 0 Å². The van der Waals surface area contributed by atoms with Gasteiger partial charge in [0.25, 0.3) is 10.0 Å². The molecule has 2 amide bonds. The van der Waals surface area contributed by atoms with Crippen molar-refractivity contribution in [3.8, 4) is 0 Å². The predicted molar refractivity (Wildman–Crippen MR) is 162 cm³/mol. The minimum atomic E-state index is -4.14. The van der Waals surface area contributed by atoms with E-state index in [4.69, 9.17) is 11.6 Å². The molecule has 212 valence electrons. The molecule has 1 atom stereocenters. The fraction of sp³-hybridized carbons (Fsp3) is 0.333. The summed E-state index contributed by atoms with van der Waals surface area (Å²) in [5.41, 5.74) is 2.11. The smallest absolute Gasteiger partial charge is 0.264 e. The Kier molecular flexibility index (Phi) is 9.92. The van der Waals surface area contributed by atoms with Crippen molar-refractivity contribution < 1.29 is 18.0 Å². The van der Waals surface area contributed by atoms with E-state index in [2.05, 4.69) is 21.2 Å². The molecule has 1 aliphatic carbocycles. The largest absolute Gasteiger partial charge is 0.352 e. The van der Waals surface area contributed by atoms with Crippen molar-refractivity contribution in [3.05, 3.63) is 93.4 Å². The summed E-state index contributed by atoms with van der Waals surface area (Å²) in [6, 6.07) is 19.5. The number of rotatable bonds is 10. The van der Waals surface area contributed by atoms with Gasteiger partial charge in [-0.15, -0.1) is 0 Å². The zero-order valence-corrected chi connectivity index (χ0v) is 25.7. The predicted octanol–water partition coefficient (Wildman–Crippen LogP) is 6.08. The monoisotopic (exact) mass is 645 g/mol. The van der Waals surface area contributed by atoms with Gasteiger partial charge in [-0.05, 0) is 80.8 Å². The summed E-state index contributed by atoms with van der Waals surface area (Å²) in [7, 11) is -4.14. The molecule has 0 spiro atoms. The molecule has 1 fully saturated rings. The van der Waals surface area contributed by atoms with Crippen LogP contribution in [-0.4, -0.2) is 43.8 Å². The van der Waals surface area contributed by atoms with Gasteiger partial charge in [0.15, 0.2) is 0 Å². The minimum absolute atomic E-state index is 0.0100. The van der Waals surface area contributed by atoms with Crippen molar-refractivity contribution in [2.45, 2.75) is 63.1 Å². The first-order chi connectivity index (χ1) is 19.0. The normalized spacial score (nSPS) is 14.5. The van der Waals surface area contributed by atoms with Crippen molar-refractivity contribution in [1.82, 2.24) is 10.2 Å². The van der Waals surface area contributed by atoms with Gasteiger partial charge in [0.2, 0.25) is 11.8 Å². The summed E-state index contributed by atoms with van der Waals surface area (Å²) in [4.78, 5) is 28.8. The molecule has 3 aromatic carbocycles. The lowest BCUT2D eigenvalue weighted by Crippen LogP contribution is -2.52. The van der Waals surface area contributed by atoms with Crippen LogP contribution in [0.15, 0.2) is 82.2 Å². The van der Waals surface area contributed by atoms with Crippen LogP contribution in [0.1, 0.15) is 43.7 Å². The van der Waals surface area contributed by atoms with E-state index in [9.17, 15) is 18.0 Å². The highest BCUT2D eigenvalue weighted by Gasteiger charge is 2.33. The van der Waals surface area contributed by atoms with E-state index >= 15 is 0 Å². The number of benzene rings is 3. The number of anilines is 1. The Bertz CT molecular complexity index is 1440. The molecule has 0 radical (unpaired) electrons. The zero-order chi connectivity index (χ0) is 28.9. The number of sulfonamides is 1. The van der Waals surface area contributed by atoms with Crippen molar-refractivity contribution in [2.75, 3.05) is 10.8 Å². The summed E-state index contributed by atoms with van der Waals surface area (Å²) in [6.07, 6.45) is 3.96. The van der Waals surface area contributed by atoms with Crippen LogP contribution in [0.4, 0.5) is 5.69 Å². The fourth-order valence-corrected chi connectivity index (χ4v) is 6.77. The van der Waals surface area contributed by atoms with Crippen LogP contribution in [0.3, 0.4) is 0 Å². The van der Waals surface area contributed by atoms with Crippen LogP contribution in [0.5, 0.6) is 0 Å². The Morgan fingerprint density at radius 1 is 1.02 bits per heavy atom. The Balaban J connectivity index is 1.68. The van der Waals surface area contributed by atoms with Crippen LogP contribution >= 0.6 is 27.5 Å². The lowest BCUT2D eigenvalue weighted by atomic mass is 10.1. The third-order valence-corrected chi connectivity index (χ3v) is 9.65. The van der Waals surface area contributed by atoms with E-state index < -0.39 is 28.5 Å². The molecule has 0 aromatic heterocycles. The summed E-state index contributed by atoms with van der Waals surface area (Å²) < 4.78 is 29.6. The molecule has 1 unspecified atom stereocenters. The van der Waals surface area contributed by atoms with E-state index in [1.165, 1.54) is 29.2 Å². The highest BCUT2D eigenvalue weighted by atomic mass is 79.9. The Labute approximate surface area is 249 Å². The average Bonchev–Trinajstić information content (AvgIpc) is 3.44. The lowest BCUT2D eigenvalue weighted by Gasteiger charge is -2.32. The van der Waals surface area contributed by atoms with E-state index in [1.807, 2.05) is 31.2 Å². The minimum Gasteiger partial charge on any atom is -0.352 e. The summed E-state index contributed by atoms with van der Waals surface area (Å²) in [6.45, 7) is 3.24. The first-order valence-electron chi connectivity index (χ1n) is 13.2. The number of aryl methyl sites for hydroxylation is 1. The first kappa shape index (κ1) is 30.1. The van der Waals surface area contributed by atoms with E-state index in [0.29, 0.717) is 10.7 Å². The van der Waals surface area contributed by atoms with E-state index in [0.717, 1.165) is 45.6 Å². The number of carbonyl (C=O) groups excluding carboxylic acids is 2. The number of carbonyl (C=O) groups is 2. The zero-order valence-electron chi connectivity index (χ0n) is 22.5. The second kappa shape index (κ2) is 13.2. The van der Waals surface area contributed by atoms with Crippen molar-refractivity contribution in [3.63, 3.8) is 0 Å². The maximum Gasteiger partial charge on any atom is 0.264 e. The molecule has 1 saturated carbocycles. The molecule has 0 bridgehead atoms. The highest BCUT2D eigenvalue weighted by molar-refractivity contribution is 9.10. The summed E-state index contributed by atoms with van der Waals surface area (Å²) in [5, 5.41) is 3.48. The number of hydrogen-bond acceptors (Lipinski definition) is 4. The molecule has 40 heavy (non-hydrogen) atoms. The molecule has 1 N–H and O–H groups in total. The van der Waals surface area contributed by atoms with Crippen LogP contribution in [0.2, 0.25) is 5.02 Å². The number of hydrogen-bond donors (Lipinski definition) is 1. The number of nitrogens with one attached hydrogen (secondary N) is 1. The summed E-state index contributed by atoms with van der Waals surface area (Å²) >= 11 is 9.47. The van der Waals surface area contributed by atoms with Gasteiger partial charge in [-0.2, -0.15) is 0 Å². The van der Waals surface area contributed by atoms with Gasteiger partial charge in [-0.3, -0.25) is 13.9 Å². The molecule has 0 aliphatic heterocycles. The second-order valence-electron chi connectivity index (χ2n) is 10.1. The maximum atomic E-state index is 14.0. The molecule has 3 aromatic rings. The average molecular weight is 647 g/mol. The second-order valence-corrected chi connectivity index (χ2v) is 13.3. The van der Waals surface area contributed by atoms with Gasteiger partial charge < -0.3 is 10.2 Å². The first-order valence-corrected chi connectivity index (χ1v) is 15.8. The Morgan fingerprint density at radius 2 is 1.68 bits per heavy atom. The molecule has 4 rings (SSSR count). The summed E-state index contributed by atoms with van der Waals surface area (Å²) in [5.74, 6) is -0.746. The third-order valence-electron chi connectivity index (χ3n) is 7.11. The van der Waals surface area contributed by atoms with E-state index in [-0.39, 0.29) is 23.4 Å². The van der Waals surface area contributed by atoms with Crippen LogP contribution in [0.25, 0.3) is 0 Å². The van der Waals surface area contributed by atoms with Gasteiger partial charge in [-0.1, -0.05) is 70.2 Å². The topological polar surface area (TPSA) is 86.8 Å². The maximum absolute atomic E-state index is 14.0. The fourth-order valence-electron chi connectivity index (χ4n) is 4.78. The standard InChI is InChI=1S/C30H33BrClN3O4S/c1-21-10-14-27(15-11-21)35(40(38,39)28-16-12-25(32)13-17-28)20-29(36)34(19-23-6-5-7-24(31)18-23)22(2)30(37)33-26-8-3-4-9-26/h5-7,10-18,22,26H,3-4,8-9,19-20H2,1-2H3,(H,33,37). The molecule has 10 heteroatoms. The van der Waals surface area contributed by atoms with E-state index in [1.54, 1.807) is 31.2 Å². The lowest BCUT2D eigenvalue weighted by molar-refractivity contribution is -0.139. The van der Waals surface area contributed by atoms with Crippen molar-refractivity contribution in [1.29, 1.82) is 0 Å². The Hall–Kier alpha value is -2.88. The van der Waals surface area contributed by atoms with Crippen LogP contribution in [-0.2, 0) is 26.2 Å². The molecule has 7 nitrogen and oxygen atoms in total. The number of amides is 2. The molecular formula is C30H33BrClN3O4S. The van der Waals surface area contributed by atoms with Gasteiger partial charge in [0.1, 0.15) is 12.6 Å².